The Morgan fingerprint density at radius 2 is 1.83 bits per heavy atom. The van der Waals surface area contributed by atoms with E-state index in [0.29, 0.717) is 17.8 Å². The molecule has 148 valence electrons. The Labute approximate surface area is 178 Å². The number of para-hydroxylation sites is 1. The summed E-state index contributed by atoms with van der Waals surface area (Å²) in [5, 5.41) is 0.988. The molecule has 0 bridgehead atoms. The molecule has 0 spiro atoms. The van der Waals surface area contributed by atoms with Crippen LogP contribution in [0.4, 0.5) is 0 Å². The van der Waals surface area contributed by atoms with Crippen LogP contribution in [0.3, 0.4) is 0 Å². The van der Waals surface area contributed by atoms with Crippen LogP contribution >= 0.6 is 11.8 Å². The molecule has 0 amide bonds. The van der Waals surface area contributed by atoms with E-state index in [1.54, 1.807) is 22.5 Å². The summed E-state index contributed by atoms with van der Waals surface area (Å²) in [6.45, 7) is 2.40. The van der Waals surface area contributed by atoms with E-state index in [0.717, 1.165) is 33.0 Å². The Morgan fingerprint density at radius 1 is 1.03 bits per heavy atom. The fourth-order valence-corrected chi connectivity index (χ4v) is 4.82. The van der Waals surface area contributed by atoms with E-state index in [1.807, 2.05) is 73.7 Å². The Bertz CT molecular complexity index is 1310. The van der Waals surface area contributed by atoms with Crippen LogP contribution in [0, 0.1) is 6.92 Å². The first-order chi connectivity index (χ1) is 14.7. The molecule has 0 saturated carbocycles. The number of thioether (sulfide) groups is 1. The van der Waals surface area contributed by atoms with E-state index in [4.69, 9.17) is 4.74 Å². The molecule has 30 heavy (non-hydrogen) atoms. The molecule has 5 rings (SSSR count). The van der Waals surface area contributed by atoms with Gasteiger partial charge in [0, 0.05) is 27.8 Å². The maximum atomic E-state index is 13.7. The second-order valence-corrected chi connectivity index (χ2v) is 8.23. The minimum atomic E-state index is -0.0617. The highest BCUT2D eigenvalue weighted by atomic mass is 32.2. The van der Waals surface area contributed by atoms with Crippen LogP contribution in [0.2, 0.25) is 0 Å². The highest BCUT2D eigenvalue weighted by Gasteiger charge is 2.24. The number of rotatable bonds is 4. The van der Waals surface area contributed by atoms with Crippen LogP contribution in [0.15, 0.2) is 88.7 Å². The highest BCUT2D eigenvalue weighted by Crippen LogP contribution is 2.37. The number of nitrogens with zero attached hydrogens (tertiary/aromatic N) is 2. The Kier molecular flexibility index (Phi) is 4.89. The number of aromatic nitrogens is 2. The number of hydrogen-bond donors (Lipinski definition) is 0. The normalized spacial score (nSPS) is 13.0. The predicted molar refractivity (Wildman–Crippen MR) is 123 cm³/mol. The molecule has 0 atom stereocenters. The number of aryl methyl sites for hydroxylation is 1. The first-order valence-electron chi connectivity index (χ1n) is 9.83. The number of ether oxygens (including phenoxy) is 1. The van der Waals surface area contributed by atoms with Crippen LogP contribution in [0.25, 0.3) is 22.3 Å². The molecule has 2 aromatic heterocycles. The molecule has 4 aromatic rings. The summed E-state index contributed by atoms with van der Waals surface area (Å²) in [6.07, 6.45) is 3.83. The molecular formula is C25H20N2O2S. The van der Waals surface area contributed by atoms with Gasteiger partial charge in [0.15, 0.2) is 0 Å². The van der Waals surface area contributed by atoms with Gasteiger partial charge in [0.05, 0.1) is 11.3 Å². The molecule has 1 aliphatic rings. The van der Waals surface area contributed by atoms with Crippen molar-refractivity contribution in [2.75, 3.05) is 12.4 Å². The first-order valence-corrected chi connectivity index (χ1v) is 10.8. The fraction of sp³-hybridized carbons (Fsp3) is 0.120. The molecular weight excluding hydrogens is 392 g/mol. The van der Waals surface area contributed by atoms with Crippen molar-refractivity contribution < 1.29 is 4.74 Å². The van der Waals surface area contributed by atoms with E-state index >= 15 is 0 Å². The predicted octanol–water partition coefficient (Wildman–Crippen LogP) is 5.26. The molecule has 0 radical (unpaired) electrons. The topological polar surface area (TPSA) is 44.1 Å². The Morgan fingerprint density at radius 3 is 2.63 bits per heavy atom. The lowest BCUT2D eigenvalue weighted by Crippen LogP contribution is -2.26. The fourth-order valence-electron chi connectivity index (χ4n) is 3.70. The molecule has 2 aromatic carbocycles. The van der Waals surface area contributed by atoms with Gasteiger partial charge in [-0.25, -0.2) is 4.98 Å². The molecule has 3 heterocycles. The van der Waals surface area contributed by atoms with E-state index < -0.39 is 0 Å². The van der Waals surface area contributed by atoms with Crippen molar-refractivity contribution >= 4 is 28.4 Å². The van der Waals surface area contributed by atoms with E-state index in [2.05, 4.69) is 11.1 Å². The van der Waals surface area contributed by atoms with Gasteiger partial charge in [-0.2, -0.15) is 0 Å². The third kappa shape index (κ3) is 3.31. The number of fused-ring (bicyclic) bond motifs is 3. The molecule has 0 fully saturated rings. The maximum absolute atomic E-state index is 13.7. The Hall–Kier alpha value is -3.31. The van der Waals surface area contributed by atoms with E-state index in [-0.39, 0.29) is 5.56 Å². The minimum absolute atomic E-state index is 0.0617. The summed E-state index contributed by atoms with van der Waals surface area (Å²) in [5.41, 5.74) is 4.25. The number of pyridine rings is 2. The van der Waals surface area contributed by atoms with Gasteiger partial charge >= 0.3 is 0 Å². The Balaban J connectivity index is 1.65. The smallest absolute Gasteiger partial charge is 0.265 e. The number of benzene rings is 2. The van der Waals surface area contributed by atoms with Crippen molar-refractivity contribution in [2.45, 2.75) is 11.8 Å². The summed E-state index contributed by atoms with van der Waals surface area (Å²) in [4.78, 5) is 19.2. The van der Waals surface area contributed by atoms with Crippen LogP contribution in [0.1, 0.15) is 11.1 Å². The second kappa shape index (κ2) is 7.84. The van der Waals surface area contributed by atoms with Crippen LogP contribution < -0.4 is 10.3 Å². The largest absolute Gasteiger partial charge is 0.489 e. The lowest BCUT2D eigenvalue weighted by Gasteiger charge is -2.21. The summed E-state index contributed by atoms with van der Waals surface area (Å²) >= 11 is 1.68. The van der Waals surface area contributed by atoms with Crippen LogP contribution in [-0.2, 0) is 0 Å². The molecule has 0 unspecified atom stereocenters. The van der Waals surface area contributed by atoms with Crippen molar-refractivity contribution in [3.8, 4) is 11.4 Å². The lowest BCUT2D eigenvalue weighted by atomic mass is 10.1. The molecule has 1 aliphatic heterocycles. The standard InChI is InChI=1S/C25H20N2O2S/c1-17-9-11-20(12-10-17)29-16-18-13-15-30-23-21-8-5-14-26-24(21)27(25(28)22(18)23)19-6-3-2-4-7-19/h2-14H,15-16H2,1H3. The minimum Gasteiger partial charge on any atom is -0.489 e. The zero-order valence-corrected chi connectivity index (χ0v) is 17.4. The average Bonchev–Trinajstić information content (AvgIpc) is 2.79. The first kappa shape index (κ1) is 18.7. The molecule has 5 heteroatoms. The number of hydrogen-bond acceptors (Lipinski definition) is 4. The van der Waals surface area contributed by atoms with Crippen LogP contribution in [0.5, 0.6) is 5.75 Å². The van der Waals surface area contributed by atoms with Gasteiger partial charge in [-0.15, -0.1) is 11.8 Å². The molecule has 0 aliphatic carbocycles. The third-order valence-electron chi connectivity index (χ3n) is 5.20. The third-order valence-corrected chi connectivity index (χ3v) is 6.24. The van der Waals surface area contributed by atoms with Crippen LogP contribution in [-0.4, -0.2) is 21.9 Å². The zero-order valence-electron chi connectivity index (χ0n) is 16.5. The lowest BCUT2D eigenvalue weighted by molar-refractivity contribution is 0.369. The second-order valence-electron chi connectivity index (χ2n) is 7.20. The van der Waals surface area contributed by atoms with Gasteiger partial charge in [0.2, 0.25) is 0 Å². The molecule has 4 nitrogen and oxygen atoms in total. The summed E-state index contributed by atoms with van der Waals surface area (Å²) in [5.74, 6) is 1.60. The van der Waals surface area contributed by atoms with Crippen molar-refractivity contribution in [3.63, 3.8) is 0 Å². The van der Waals surface area contributed by atoms with Gasteiger partial charge in [0.25, 0.3) is 5.56 Å². The monoisotopic (exact) mass is 412 g/mol. The van der Waals surface area contributed by atoms with Gasteiger partial charge in [-0.05, 0) is 43.3 Å². The quantitative estimate of drug-likeness (QED) is 0.458. The van der Waals surface area contributed by atoms with Gasteiger partial charge in [-0.1, -0.05) is 42.0 Å². The SMILES string of the molecule is Cc1ccc(OCC2=CCSc3c2c(=O)n(-c2ccccc2)c2ncccc32)cc1. The zero-order chi connectivity index (χ0) is 20.5. The maximum Gasteiger partial charge on any atom is 0.265 e. The van der Waals surface area contributed by atoms with Crippen molar-refractivity contribution in [1.29, 1.82) is 0 Å². The average molecular weight is 413 g/mol. The van der Waals surface area contributed by atoms with E-state index in [1.165, 1.54) is 5.56 Å². The van der Waals surface area contributed by atoms with E-state index in [9.17, 15) is 4.79 Å². The summed E-state index contributed by atoms with van der Waals surface area (Å²) in [7, 11) is 0. The highest BCUT2D eigenvalue weighted by molar-refractivity contribution is 7.99. The molecule has 0 N–H and O–H groups in total. The summed E-state index contributed by atoms with van der Waals surface area (Å²) in [6, 6.07) is 21.6. The molecule has 0 saturated heterocycles. The van der Waals surface area contributed by atoms with Gasteiger partial charge in [-0.3, -0.25) is 9.36 Å². The van der Waals surface area contributed by atoms with Crippen molar-refractivity contribution in [2.24, 2.45) is 0 Å². The van der Waals surface area contributed by atoms with Gasteiger partial charge in [0.1, 0.15) is 18.0 Å². The van der Waals surface area contributed by atoms with Crippen molar-refractivity contribution in [1.82, 2.24) is 9.55 Å². The van der Waals surface area contributed by atoms with Gasteiger partial charge < -0.3 is 4.74 Å². The summed E-state index contributed by atoms with van der Waals surface area (Å²) < 4.78 is 7.74. The van der Waals surface area contributed by atoms with Crippen molar-refractivity contribution in [3.05, 3.63) is 100 Å².